The normalized spacial score (nSPS) is 10.6. The molecule has 0 atom stereocenters. The van der Waals surface area contributed by atoms with E-state index in [1.54, 1.807) is 23.7 Å². The van der Waals surface area contributed by atoms with Crippen LogP contribution in [-0.2, 0) is 18.4 Å². The number of thioether (sulfide) groups is 1. The Morgan fingerprint density at radius 3 is 2.87 bits per heavy atom. The van der Waals surface area contributed by atoms with Gasteiger partial charge in [0, 0.05) is 24.9 Å². The summed E-state index contributed by atoms with van der Waals surface area (Å²) in [5.74, 6) is 0.895. The van der Waals surface area contributed by atoms with E-state index in [1.165, 1.54) is 30.0 Å². The Kier molecular flexibility index (Phi) is 6.91. The molecular weight excluding hydrogens is 430 g/mol. The molecule has 0 unspecified atom stereocenters. The fraction of sp³-hybridized carbons (Fsp3) is 0.211. The second-order valence-electron chi connectivity index (χ2n) is 6.32. The number of hydrogen-bond donors (Lipinski definition) is 1. The zero-order chi connectivity index (χ0) is 21.7. The molecule has 3 aromatic rings. The zero-order valence-corrected chi connectivity index (χ0v) is 17.7. The second-order valence-corrected chi connectivity index (χ2v) is 7.67. The summed E-state index contributed by atoms with van der Waals surface area (Å²) in [5.41, 5.74) is 1.29. The van der Waals surface area contributed by atoms with Crippen LogP contribution in [0.15, 0.2) is 47.6 Å². The second kappa shape index (κ2) is 9.59. The van der Waals surface area contributed by atoms with E-state index < -0.39 is 4.92 Å². The molecule has 0 aliphatic heterocycles. The smallest absolute Gasteiger partial charge is 0.271 e. The van der Waals surface area contributed by atoms with E-state index in [0.717, 1.165) is 5.56 Å². The van der Waals surface area contributed by atoms with Gasteiger partial charge in [0.05, 0.1) is 15.7 Å². The standard InChI is InChI=1S/C19H18ClN5O4S/c1-12-6-7-15(20)16(8-12)29-10-17-22-23-19(24(17)2)30-11-18(26)21-13-4-3-5-14(9-13)25(27)28/h3-9H,10-11H2,1-2H3,(H,21,26). The maximum Gasteiger partial charge on any atom is 0.271 e. The van der Waals surface area contributed by atoms with E-state index >= 15 is 0 Å². The monoisotopic (exact) mass is 447 g/mol. The number of hydrogen-bond acceptors (Lipinski definition) is 7. The molecule has 2 aromatic carbocycles. The Morgan fingerprint density at radius 1 is 1.30 bits per heavy atom. The van der Waals surface area contributed by atoms with Gasteiger partial charge in [0.15, 0.2) is 11.0 Å². The van der Waals surface area contributed by atoms with Crippen LogP contribution in [0.5, 0.6) is 5.75 Å². The number of ether oxygens (including phenoxy) is 1. The number of nitrogens with one attached hydrogen (secondary N) is 1. The molecule has 0 aliphatic rings. The number of amides is 1. The fourth-order valence-electron chi connectivity index (χ4n) is 2.48. The maximum atomic E-state index is 12.2. The molecule has 156 valence electrons. The van der Waals surface area contributed by atoms with Crippen molar-refractivity contribution in [1.29, 1.82) is 0 Å². The van der Waals surface area contributed by atoms with Crippen molar-refractivity contribution < 1.29 is 14.5 Å². The van der Waals surface area contributed by atoms with Crippen molar-refractivity contribution in [3.63, 3.8) is 0 Å². The van der Waals surface area contributed by atoms with Crippen LogP contribution in [0.25, 0.3) is 0 Å². The third-order valence-corrected chi connectivity index (χ3v) is 5.37. The van der Waals surface area contributed by atoms with Crippen LogP contribution >= 0.6 is 23.4 Å². The van der Waals surface area contributed by atoms with Gasteiger partial charge in [-0.1, -0.05) is 35.5 Å². The van der Waals surface area contributed by atoms with Crippen LogP contribution in [0.4, 0.5) is 11.4 Å². The molecule has 1 N–H and O–H groups in total. The molecule has 1 aromatic heterocycles. The van der Waals surface area contributed by atoms with Crippen molar-refractivity contribution in [2.75, 3.05) is 11.1 Å². The van der Waals surface area contributed by atoms with E-state index in [1.807, 2.05) is 19.1 Å². The van der Waals surface area contributed by atoms with Gasteiger partial charge < -0.3 is 14.6 Å². The van der Waals surface area contributed by atoms with Crippen molar-refractivity contribution in [3.05, 3.63) is 69.0 Å². The number of anilines is 1. The molecule has 1 heterocycles. The minimum absolute atomic E-state index is 0.0687. The van der Waals surface area contributed by atoms with Crippen molar-refractivity contribution >= 4 is 40.6 Å². The summed E-state index contributed by atoms with van der Waals surface area (Å²) >= 11 is 7.33. The Bertz CT molecular complexity index is 1090. The first kappa shape index (κ1) is 21.6. The summed E-state index contributed by atoms with van der Waals surface area (Å²) in [4.78, 5) is 22.5. The van der Waals surface area contributed by atoms with Gasteiger partial charge >= 0.3 is 0 Å². The van der Waals surface area contributed by atoms with E-state index in [2.05, 4.69) is 15.5 Å². The molecule has 0 aliphatic carbocycles. The van der Waals surface area contributed by atoms with Gasteiger partial charge in [-0.3, -0.25) is 14.9 Å². The lowest BCUT2D eigenvalue weighted by Crippen LogP contribution is -2.14. The molecule has 0 radical (unpaired) electrons. The molecule has 3 rings (SSSR count). The lowest BCUT2D eigenvalue weighted by atomic mass is 10.2. The Hall–Kier alpha value is -3.11. The molecular formula is C19H18ClN5O4S. The minimum Gasteiger partial charge on any atom is -0.484 e. The van der Waals surface area contributed by atoms with Crippen molar-refractivity contribution in [3.8, 4) is 5.75 Å². The maximum absolute atomic E-state index is 12.2. The van der Waals surface area contributed by atoms with Crippen LogP contribution < -0.4 is 10.1 Å². The number of benzene rings is 2. The number of nitro groups is 1. The quantitative estimate of drug-likeness (QED) is 0.315. The lowest BCUT2D eigenvalue weighted by molar-refractivity contribution is -0.384. The van der Waals surface area contributed by atoms with E-state index in [0.29, 0.717) is 27.4 Å². The molecule has 11 heteroatoms. The van der Waals surface area contributed by atoms with Gasteiger partial charge in [-0.2, -0.15) is 0 Å². The Labute approximate surface area is 181 Å². The number of halogens is 1. The van der Waals surface area contributed by atoms with Gasteiger partial charge in [-0.05, 0) is 30.7 Å². The third kappa shape index (κ3) is 5.49. The van der Waals surface area contributed by atoms with Gasteiger partial charge in [0.25, 0.3) is 5.69 Å². The molecule has 9 nitrogen and oxygen atoms in total. The summed E-state index contributed by atoms with van der Waals surface area (Å²) in [6.45, 7) is 2.12. The van der Waals surface area contributed by atoms with Crippen LogP contribution in [0.3, 0.4) is 0 Å². The largest absolute Gasteiger partial charge is 0.484 e. The molecule has 0 spiro atoms. The van der Waals surface area contributed by atoms with E-state index in [9.17, 15) is 14.9 Å². The molecule has 1 amide bonds. The van der Waals surface area contributed by atoms with Gasteiger partial charge in [-0.15, -0.1) is 10.2 Å². The highest BCUT2D eigenvalue weighted by Crippen LogP contribution is 2.26. The number of aromatic nitrogens is 3. The predicted molar refractivity (Wildman–Crippen MR) is 114 cm³/mol. The fourth-order valence-corrected chi connectivity index (χ4v) is 3.39. The number of carbonyl (C=O) groups excluding carboxylic acids is 1. The number of rotatable bonds is 8. The van der Waals surface area contributed by atoms with Crippen LogP contribution in [0.1, 0.15) is 11.4 Å². The molecule has 0 bridgehead atoms. The van der Waals surface area contributed by atoms with Crippen LogP contribution in [0, 0.1) is 17.0 Å². The Balaban J connectivity index is 1.56. The number of nitrogens with zero attached hydrogens (tertiary/aromatic N) is 4. The van der Waals surface area contributed by atoms with E-state index in [-0.39, 0.29) is 24.0 Å². The summed E-state index contributed by atoms with van der Waals surface area (Å²) in [5, 5.41) is 22.7. The summed E-state index contributed by atoms with van der Waals surface area (Å²) in [7, 11) is 1.78. The lowest BCUT2D eigenvalue weighted by Gasteiger charge is -2.09. The van der Waals surface area contributed by atoms with Crippen molar-refractivity contribution in [2.24, 2.45) is 7.05 Å². The summed E-state index contributed by atoms with van der Waals surface area (Å²) in [6.07, 6.45) is 0. The van der Waals surface area contributed by atoms with Crippen LogP contribution in [0.2, 0.25) is 5.02 Å². The minimum atomic E-state index is -0.516. The molecule has 0 fully saturated rings. The zero-order valence-electron chi connectivity index (χ0n) is 16.2. The molecule has 0 saturated carbocycles. The number of nitro benzene ring substituents is 1. The van der Waals surface area contributed by atoms with Gasteiger partial charge in [0.1, 0.15) is 12.4 Å². The number of non-ortho nitro benzene ring substituents is 1. The average Bonchev–Trinajstić information content (AvgIpc) is 3.07. The average molecular weight is 448 g/mol. The third-order valence-electron chi connectivity index (χ3n) is 4.04. The first-order valence-electron chi connectivity index (χ1n) is 8.78. The van der Waals surface area contributed by atoms with Crippen LogP contribution in [-0.4, -0.2) is 31.3 Å². The molecule has 0 saturated heterocycles. The highest BCUT2D eigenvalue weighted by Gasteiger charge is 2.14. The van der Waals surface area contributed by atoms with E-state index in [4.69, 9.17) is 16.3 Å². The topological polar surface area (TPSA) is 112 Å². The first-order valence-corrected chi connectivity index (χ1v) is 10.1. The SMILES string of the molecule is Cc1ccc(Cl)c(OCc2nnc(SCC(=O)Nc3cccc([N+](=O)[O-])c3)n2C)c1. The van der Waals surface area contributed by atoms with Gasteiger partial charge in [0.2, 0.25) is 5.91 Å². The Morgan fingerprint density at radius 2 is 2.10 bits per heavy atom. The van der Waals surface area contributed by atoms with Crippen molar-refractivity contribution in [2.45, 2.75) is 18.7 Å². The number of aryl methyl sites for hydroxylation is 1. The van der Waals surface area contributed by atoms with Crippen molar-refractivity contribution in [1.82, 2.24) is 14.8 Å². The predicted octanol–water partition coefficient (Wildman–Crippen LogP) is 3.99. The highest BCUT2D eigenvalue weighted by atomic mass is 35.5. The molecule has 30 heavy (non-hydrogen) atoms. The first-order chi connectivity index (χ1) is 14.3. The number of carbonyl (C=O) groups is 1. The highest BCUT2D eigenvalue weighted by molar-refractivity contribution is 7.99. The summed E-state index contributed by atoms with van der Waals surface area (Å²) in [6, 6.07) is 11.3. The summed E-state index contributed by atoms with van der Waals surface area (Å²) < 4.78 is 7.47. The van der Waals surface area contributed by atoms with Gasteiger partial charge in [-0.25, -0.2) is 0 Å².